The van der Waals surface area contributed by atoms with E-state index in [-0.39, 0.29) is 0 Å². The molecule has 0 saturated heterocycles. The molecule has 2 N–H and O–H groups in total. The molecule has 0 radical (unpaired) electrons. The highest BCUT2D eigenvalue weighted by molar-refractivity contribution is 7.98. The highest BCUT2D eigenvalue weighted by Crippen LogP contribution is 2.16. The normalized spacial score (nSPS) is 10.6. The summed E-state index contributed by atoms with van der Waals surface area (Å²) in [4.78, 5) is 11.3. The molecule has 0 saturated carbocycles. The van der Waals surface area contributed by atoms with Crippen molar-refractivity contribution in [3.05, 3.63) is 21.9 Å². The molecule has 0 fully saturated rings. The number of aromatic carboxylic acids is 1. The quantitative estimate of drug-likeness (QED) is 0.679. The summed E-state index contributed by atoms with van der Waals surface area (Å²) in [6.07, 6.45) is 5.79. The zero-order valence-corrected chi connectivity index (χ0v) is 11.7. The topological polar surface area (TPSA) is 49.3 Å². The summed E-state index contributed by atoms with van der Waals surface area (Å²) in [5, 5.41) is 14.1. The minimum Gasteiger partial charge on any atom is -0.477 e. The Morgan fingerprint density at radius 1 is 1.47 bits per heavy atom. The van der Waals surface area contributed by atoms with Gasteiger partial charge in [0.15, 0.2) is 0 Å². The van der Waals surface area contributed by atoms with E-state index in [1.54, 1.807) is 0 Å². The average molecular weight is 273 g/mol. The highest BCUT2D eigenvalue weighted by Gasteiger charge is 2.10. The maximum Gasteiger partial charge on any atom is 0.346 e. The van der Waals surface area contributed by atoms with E-state index in [0.29, 0.717) is 11.4 Å². The van der Waals surface area contributed by atoms with Gasteiger partial charge in [-0.25, -0.2) is 4.79 Å². The Morgan fingerprint density at radius 2 is 2.29 bits per heavy atom. The van der Waals surface area contributed by atoms with Gasteiger partial charge < -0.3 is 10.4 Å². The van der Waals surface area contributed by atoms with Crippen molar-refractivity contribution in [2.24, 2.45) is 0 Å². The van der Waals surface area contributed by atoms with Crippen molar-refractivity contribution >= 4 is 29.1 Å². The van der Waals surface area contributed by atoms with Crippen molar-refractivity contribution in [1.29, 1.82) is 0 Å². The first-order valence-electron chi connectivity index (χ1n) is 5.75. The van der Waals surface area contributed by atoms with E-state index >= 15 is 0 Å². The SMILES string of the molecule is CSCCCCCNCc1ccsc1C(=O)O. The fourth-order valence-electron chi connectivity index (χ4n) is 1.56. The van der Waals surface area contributed by atoms with Crippen molar-refractivity contribution < 1.29 is 9.90 Å². The third-order valence-electron chi connectivity index (χ3n) is 2.46. The maximum absolute atomic E-state index is 10.9. The summed E-state index contributed by atoms with van der Waals surface area (Å²) in [7, 11) is 0. The number of carboxylic acid groups (broad SMARTS) is 1. The molecule has 0 bridgehead atoms. The van der Waals surface area contributed by atoms with Crippen LogP contribution in [0, 0.1) is 0 Å². The Labute approximate surface area is 111 Å². The van der Waals surface area contributed by atoms with E-state index in [9.17, 15) is 4.79 Å². The van der Waals surface area contributed by atoms with Crippen LogP contribution in [-0.2, 0) is 6.54 Å². The Bertz CT molecular complexity index is 339. The number of thiophene rings is 1. The molecule has 3 nitrogen and oxygen atoms in total. The molecule has 0 atom stereocenters. The standard InChI is InChI=1S/C12H19NO2S2/c1-16-7-4-2-3-6-13-9-10-5-8-17-11(10)12(14)15/h5,8,13H,2-4,6-7,9H2,1H3,(H,14,15). The van der Waals surface area contributed by atoms with Crippen molar-refractivity contribution in [2.45, 2.75) is 25.8 Å². The van der Waals surface area contributed by atoms with Crippen molar-refractivity contribution in [1.82, 2.24) is 5.32 Å². The molecular formula is C12H19NO2S2. The van der Waals surface area contributed by atoms with Crippen molar-refractivity contribution in [3.8, 4) is 0 Å². The van der Waals surface area contributed by atoms with E-state index in [4.69, 9.17) is 5.11 Å². The molecule has 0 aliphatic rings. The molecule has 0 spiro atoms. The van der Waals surface area contributed by atoms with E-state index in [1.807, 2.05) is 23.2 Å². The molecule has 96 valence electrons. The van der Waals surface area contributed by atoms with Crippen LogP contribution in [0.4, 0.5) is 0 Å². The minimum absolute atomic E-state index is 0.458. The smallest absolute Gasteiger partial charge is 0.346 e. The van der Waals surface area contributed by atoms with Gasteiger partial charge >= 0.3 is 5.97 Å². The van der Waals surface area contributed by atoms with Gasteiger partial charge in [-0.2, -0.15) is 11.8 Å². The van der Waals surface area contributed by atoms with Gasteiger partial charge in [0.1, 0.15) is 4.88 Å². The van der Waals surface area contributed by atoms with Crippen LogP contribution in [0.2, 0.25) is 0 Å². The largest absolute Gasteiger partial charge is 0.477 e. The molecule has 1 aromatic rings. The van der Waals surface area contributed by atoms with Crippen LogP contribution in [0.25, 0.3) is 0 Å². The summed E-state index contributed by atoms with van der Waals surface area (Å²) < 4.78 is 0. The number of unbranched alkanes of at least 4 members (excludes halogenated alkanes) is 2. The van der Waals surface area contributed by atoms with Crippen molar-refractivity contribution in [3.63, 3.8) is 0 Å². The van der Waals surface area contributed by atoms with Crippen LogP contribution in [0.15, 0.2) is 11.4 Å². The van der Waals surface area contributed by atoms with Gasteiger partial charge in [0.05, 0.1) is 0 Å². The number of nitrogens with one attached hydrogen (secondary N) is 1. The Balaban J connectivity index is 2.14. The first kappa shape index (κ1) is 14.5. The molecule has 0 amide bonds. The second-order valence-electron chi connectivity index (χ2n) is 3.81. The van der Waals surface area contributed by atoms with Crippen LogP contribution >= 0.6 is 23.1 Å². The molecule has 1 aromatic heterocycles. The third kappa shape index (κ3) is 5.57. The molecule has 0 aliphatic heterocycles. The van der Waals surface area contributed by atoms with Gasteiger partial charge in [0, 0.05) is 6.54 Å². The number of carbonyl (C=O) groups is 1. The van der Waals surface area contributed by atoms with E-state index in [2.05, 4.69) is 11.6 Å². The Kier molecular flexibility index (Phi) is 7.32. The molecule has 5 heteroatoms. The molecule has 1 rings (SSSR count). The minimum atomic E-state index is -0.822. The van der Waals surface area contributed by atoms with Crippen LogP contribution in [0.5, 0.6) is 0 Å². The molecule has 0 unspecified atom stereocenters. The predicted octanol–water partition coefficient (Wildman–Crippen LogP) is 3.07. The third-order valence-corrected chi connectivity index (χ3v) is 4.10. The zero-order valence-electron chi connectivity index (χ0n) is 10.1. The molecule has 0 aliphatic carbocycles. The van der Waals surface area contributed by atoms with E-state index < -0.39 is 5.97 Å². The van der Waals surface area contributed by atoms with E-state index in [0.717, 1.165) is 18.5 Å². The lowest BCUT2D eigenvalue weighted by Crippen LogP contribution is -2.15. The first-order valence-corrected chi connectivity index (χ1v) is 8.02. The van der Waals surface area contributed by atoms with Gasteiger partial charge in [-0.1, -0.05) is 6.42 Å². The highest BCUT2D eigenvalue weighted by atomic mass is 32.2. The van der Waals surface area contributed by atoms with Crippen LogP contribution in [0.3, 0.4) is 0 Å². The van der Waals surface area contributed by atoms with Gasteiger partial charge in [-0.15, -0.1) is 11.3 Å². The van der Waals surface area contributed by atoms with Crippen LogP contribution in [0.1, 0.15) is 34.5 Å². The second kappa shape index (κ2) is 8.55. The van der Waals surface area contributed by atoms with Gasteiger partial charge in [0.2, 0.25) is 0 Å². The summed E-state index contributed by atoms with van der Waals surface area (Å²) in [6, 6.07) is 1.88. The zero-order chi connectivity index (χ0) is 12.5. The fourth-order valence-corrected chi connectivity index (χ4v) is 2.81. The Hall–Kier alpha value is -0.520. The summed E-state index contributed by atoms with van der Waals surface area (Å²) in [6.45, 7) is 1.62. The Morgan fingerprint density at radius 3 is 3.00 bits per heavy atom. The monoisotopic (exact) mass is 273 g/mol. The number of carboxylic acids is 1. The first-order chi connectivity index (χ1) is 8.25. The van der Waals surface area contributed by atoms with Crippen molar-refractivity contribution in [2.75, 3.05) is 18.6 Å². The van der Waals surface area contributed by atoms with Gasteiger partial charge in [-0.3, -0.25) is 0 Å². The number of hydrogen-bond donors (Lipinski definition) is 2. The maximum atomic E-state index is 10.9. The summed E-state index contributed by atoms with van der Waals surface area (Å²) in [5.41, 5.74) is 0.895. The predicted molar refractivity (Wildman–Crippen MR) is 75.2 cm³/mol. The lowest BCUT2D eigenvalue weighted by atomic mass is 10.2. The number of hydrogen-bond acceptors (Lipinski definition) is 4. The average Bonchev–Trinajstić information content (AvgIpc) is 2.76. The van der Waals surface area contributed by atoms with Crippen LogP contribution < -0.4 is 5.32 Å². The van der Waals surface area contributed by atoms with Crippen LogP contribution in [-0.4, -0.2) is 29.6 Å². The summed E-state index contributed by atoms with van der Waals surface area (Å²) in [5.74, 6) is 0.407. The molecule has 0 aromatic carbocycles. The molecule has 17 heavy (non-hydrogen) atoms. The number of thioether (sulfide) groups is 1. The summed E-state index contributed by atoms with van der Waals surface area (Å²) >= 11 is 3.17. The fraction of sp³-hybridized carbons (Fsp3) is 0.583. The number of rotatable bonds is 9. The second-order valence-corrected chi connectivity index (χ2v) is 5.71. The molecule has 1 heterocycles. The lowest BCUT2D eigenvalue weighted by molar-refractivity contribution is 0.0701. The molecular weight excluding hydrogens is 254 g/mol. The van der Waals surface area contributed by atoms with Gasteiger partial charge in [0.25, 0.3) is 0 Å². The van der Waals surface area contributed by atoms with E-state index in [1.165, 1.54) is 29.9 Å². The lowest BCUT2D eigenvalue weighted by Gasteiger charge is -2.04. The van der Waals surface area contributed by atoms with Gasteiger partial charge in [-0.05, 0) is 48.4 Å².